The summed E-state index contributed by atoms with van der Waals surface area (Å²) in [6, 6.07) is 13.1. The molecule has 0 unspecified atom stereocenters. The van der Waals surface area contributed by atoms with E-state index in [1.165, 1.54) is 12.1 Å². The number of aryl methyl sites for hydroxylation is 1. The Labute approximate surface area is 180 Å². The molecule has 8 heteroatoms. The van der Waals surface area contributed by atoms with Gasteiger partial charge in [0.05, 0.1) is 29.9 Å². The second-order valence-corrected chi connectivity index (χ2v) is 6.87. The molecule has 0 spiro atoms. The maximum atomic E-state index is 13.2. The zero-order valence-corrected chi connectivity index (χ0v) is 17.9. The normalized spacial score (nSPS) is 12.0. The lowest BCUT2D eigenvalue weighted by molar-refractivity contribution is -0.127. The van der Waals surface area contributed by atoms with Crippen LogP contribution < -0.4 is 14.9 Å². The zero-order chi connectivity index (χ0) is 22.4. The lowest BCUT2D eigenvalue weighted by atomic mass is 10.2. The monoisotopic (exact) mass is 424 g/mol. The van der Waals surface area contributed by atoms with Crippen LogP contribution in [0.25, 0.3) is 5.69 Å². The molecule has 0 bridgehead atoms. The first kappa shape index (κ1) is 22.0. The van der Waals surface area contributed by atoms with Gasteiger partial charge in [0.15, 0.2) is 6.10 Å². The highest BCUT2D eigenvalue weighted by Gasteiger charge is 2.15. The largest absolute Gasteiger partial charge is 0.494 e. The topological polar surface area (TPSA) is 77.7 Å². The molecular weight excluding hydrogens is 399 g/mol. The van der Waals surface area contributed by atoms with Crippen molar-refractivity contribution in [3.8, 4) is 17.2 Å². The Bertz CT molecular complexity index is 1060. The Morgan fingerprint density at radius 3 is 2.45 bits per heavy atom. The average molecular weight is 424 g/mol. The molecule has 1 N–H and O–H groups in total. The molecule has 1 atom stereocenters. The van der Waals surface area contributed by atoms with Crippen molar-refractivity contribution in [2.24, 2.45) is 5.10 Å². The highest BCUT2D eigenvalue weighted by atomic mass is 19.1. The number of nitrogens with one attached hydrogen (secondary N) is 1. The molecule has 3 rings (SSSR count). The van der Waals surface area contributed by atoms with E-state index in [2.05, 4.69) is 15.6 Å². The fourth-order valence-electron chi connectivity index (χ4n) is 2.97. The number of aromatic nitrogens is 2. The van der Waals surface area contributed by atoms with Gasteiger partial charge in [-0.2, -0.15) is 10.2 Å². The number of ether oxygens (including phenoxy) is 2. The van der Waals surface area contributed by atoms with E-state index >= 15 is 0 Å². The summed E-state index contributed by atoms with van der Waals surface area (Å²) in [5.41, 5.74) is 5.55. The number of carbonyl (C=O) groups is 1. The number of carbonyl (C=O) groups excluding carboxylic acids is 1. The third kappa shape index (κ3) is 5.48. The first-order valence-electron chi connectivity index (χ1n) is 9.93. The molecule has 1 amide bonds. The zero-order valence-electron chi connectivity index (χ0n) is 17.9. The van der Waals surface area contributed by atoms with Crippen molar-refractivity contribution in [3.63, 3.8) is 0 Å². The number of amides is 1. The molecule has 0 aliphatic rings. The van der Waals surface area contributed by atoms with E-state index in [0.29, 0.717) is 12.4 Å². The van der Waals surface area contributed by atoms with Crippen molar-refractivity contribution >= 4 is 12.1 Å². The van der Waals surface area contributed by atoms with Crippen LogP contribution in [0.5, 0.6) is 11.5 Å². The van der Waals surface area contributed by atoms with E-state index in [1.54, 1.807) is 54.2 Å². The van der Waals surface area contributed by atoms with Crippen molar-refractivity contribution in [1.82, 2.24) is 15.2 Å². The SMILES string of the molecule is CCOc1ccc(O[C@H](C)C(=O)N/N=C\c2c(C)nn(-c3ccc(F)cc3)c2C)cc1. The third-order valence-corrected chi connectivity index (χ3v) is 4.60. The number of halogens is 1. The van der Waals surface area contributed by atoms with E-state index < -0.39 is 6.10 Å². The second kappa shape index (κ2) is 9.88. The van der Waals surface area contributed by atoms with Gasteiger partial charge < -0.3 is 9.47 Å². The molecule has 1 aromatic heterocycles. The van der Waals surface area contributed by atoms with Gasteiger partial charge in [-0.05, 0) is 76.2 Å². The summed E-state index contributed by atoms with van der Waals surface area (Å²) in [5, 5.41) is 8.52. The number of benzene rings is 2. The van der Waals surface area contributed by atoms with E-state index in [9.17, 15) is 9.18 Å². The molecule has 0 aliphatic heterocycles. The van der Waals surface area contributed by atoms with Crippen LogP contribution in [-0.2, 0) is 4.79 Å². The number of nitrogens with zero attached hydrogens (tertiary/aromatic N) is 3. The fourth-order valence-corrected chi connectivity index (χ4v) is 2.97. The average Bonchev–Trinajstić information content (AvgIpc) is 3.04. The summed E-state index contributed by atoms with van der Waals surface area (Å²) in [4.78, 5) is 12.3. The maximum Gasteiger partial charge on any atom is 0.280 e. The summed E-state index contributed by atoms with van der Waals surface area (Å²) in [6.45, 7) is 7.86. The van der Waals surface area contributed by atoms with Gasteiger partial charge in [0.2, 0.25) is 0 Å². The second-order valence-electron chi connectivity index (χ2n) is 6.87. The highest BCUT2D eigenvalue weighted by molar-refractivity contribution is 5.86. The summed E-state index contributed by atoms with van der Waals surface area (Å²) >= 11 is 0. The maximum absolute atomic E-state index is 13.2. The van der Waals surface area contributed by atoms with Crippen LogP contribution in [0.4, 0.5) is 4.39 Å². The van der Waals surface area contributed by atoms with Gasteiger partial charge in [-0.25, -0.2) is 14.5 Å². The first-order valence-corrected chi connectivity index (χ1v) is 9.93. The van der Waals surface area contributed by atoms with Crippen LogP contribution >= 0.6 is 0 Å². The Morgan fingerprint density at radius 2 is 1.81 bits per heavy atom. The van der Waals surface area contributed by atoms with Gasteiger partial charge in [0.1, 0.15) is 17.3 Å². The van der Waals surface area contributed by atoms with Gasteiger partial charge in [-0.3, -0.25) is 4.79 Å². The van der Waals surface area contributed by atoms with E-state index in [-0.39, 0.29) is 11.7 Å². The van der Waals surface area contributed by atoms with Crippen LogP contribution in [0.1, 0.15) is 30.8 Å². The Hall–Kier alpha value is -3.68. The van der Waals surface area contributed by atoms with Crippen LogP contribution in [0.15, 0.2) is 53.6 Å². The van der Waals surface area contributed by atoms with Gasteiger partial charge in [-0.15, -0.1) is 0 Å². The molecule has 0 saturated heterocycles. The molecule has 0 saturated carbocycles. The van der Waals surface area contributed by atoms with Crippen LogP contribution in [0.2, 0.25) is 0 Å². The lowest BCUT2D eigenvalue weighted by Crippen LogP contribution is -2.33. The summed E-state index contributed by atoms with van der Waals surface area (Å²) < 4.78 is 25.9. The smallest absolute Gasteiger partial charge is 0.280 e. The molecule has 3 aromatic rings. The number of hydrogen-bond donors (Lipinski definition) is 1. The van der Waals surface area contributed by atoms with E-state index in [0.717, 1.165) is 28.4 Å². The number of hydrazone groups is 1. The van der Waals surface area contributed by atoms with E-state index in [1.807, 2.05) is 20.8 Å². The molecule has 1 heterocycles. The molecule has 0 aliphatic carbocycles. The predicted molar refractivity (Wildman–Crippen MR) is 116 cm³/mol. The standard InChI is InChI=1S/C23H25FN4O3/c1-5-30-20-10-12-21(13-11-20)31-17(4)23(29)26-25-14-22-15(2)27-28(16(22)3)19-8-6-18(24)7-9-19/h6-14,17H,5H2,1-4H3,(H,26,29)/b25-14-/t17-/m1/s1. The Morgan fingerprint density at radius 1 is 1.16 bits per heavy atom. The van der Waals surface area contributed by atoms with Gasteiger partial charge >= 0.3 is 0 Å². The number of hydrogen-bond acceptors (Lipinski definition) is 5. The van der Waals surface area contributed by atoms with Crippen LogP contribution in [-0.4, -0.2) is 34.6 Å². The minimum Gasteiger partial charge on any atom is -0.494 e. The summed E-state index contributed by atoms with van der Waals surface area (Å²) in [7, 11) is 0. The van der Waals surface area contributed by atoms with Crippen molar-refractivity contribution in [2.75, 3.05) is 6.61 Å². The predicted octanol–water partition coefficient (Wildman–Crippen LogP) is 3.94. The fraction of sp³-hybridized carbons (Fsp3) is 0.261. The van der Waals surface area contributed by atoms with Crippen molar-refractivity contribution in [1.29, 1.82) is 0 Å². The van der Waals surface area contributed by atoms with Gasteiger partial charge in [0, 0.05) is 5.56 Å². The van der Waals surface area contributed by atoms with Crippen molar-refractivity contribution < 1.29 is 18.7 Å². The van der Waals surface area contributed by atoms with Crippen molar-refractivity contribution in [2.45, 2.75) is 33.8 Å². The highest BCUT2D eigenvalue weighted by Crippen LogP contribution is 2.19. The molecule has 31 heavy (non-hydrogen) atoms. The summed E-state index contributed by atoms with van der Waals surface area (Å²) in [5.74, 6) is 0.605. The van der Waals surface area contributed by atoms with Crippen LogP contribution in [0, 0.1) is 19.7 Å². The first-order chi connectivity index (χ1) is 14.9. The minimum atomic E-state index is -0.737. The van der Waals surface area contributed by atoms with E-state index in [4.69, 9.17) is 9.47 Å². The van der Waals surface area contributed by atoms with Crippen molar-refractivity contribution in [3.05, 3.63) is 71.3 Å². The molecule has 0 fully saturated rings. The van der Waals surface area contributed by atoms with Gasteiger partial charge in [-0.1, -0.05) is 0 Å². The van der Waals surface area contributed by atoms with Crippen LogP contribution in [0.3, 0.4) is 0 Å². The Balaban J connectivity index is 1.62. The summed E-state index contributed by atoms with van der Waals surface area (Å²) in [6.07, 6.45) is 0.804. The lowest BCUT2D eigenvalue weighted by Gasteiger charge is -2.13. The minimum absolute atomic E-state index is 0.309. The molecular formula is C23H25FN4O3. The quantitative estimate of drug-likeness (QED) is 0.439. The molecule has 0 radical (unpaired) electrons. The number of rotatable bonds is 8. The molecule has 2 aromatic carbocycles. The molecule has 7 nitrogen and oxygen atoms in total. The van der Waals surface area contributed by atoms with Gasteiger partial charge in [0.25, 0.3) is 5.91 Å². The Kier molecular flexibility index (Phi) is 7.02. The third-order valence-electron chi connectivity index (χ3n) is 4.60. The molecule has 162 valence electrons.